The van der Waals surface area contributed by atoms with Crippen LogP contribution in [0.1, 0.15) is 49.3 Å². The van der Waals surface area contributed by atoms with Crippen LogP contribution in [0.4, 0.5) is 4.39 Å². The molecular formula is C16H20FNO2. The van der Waals surface area contributed by atoms with Crippen molar-refractivity contribution < 1.29 is 14.3 Å². The van der Waals surface area contributed by atoms with Crippen LogP contribution in [-0.4, -0.2) is 28.6 Å². The van der Waals surface area contributed by atoms with Gasteiger partial charge in [-0.1, -0.05) is 25.0 Å². The first-order chi connectivity index (χ1) is 9.66. The van der Waals surface area contributed by atoms with E-state index in [-0.39, 0.29) is 18.4 Å². The van der Waals surface area contributed by atoms with E-state index in [0.717, 1.165) is 36.8 Å². The van der Waals surface area contributed by atoms with Gasteiger partial charge in [-0.15, -0.1) is 0 Å². The van der Waals surface area contributed by atoms with Crippen LogP contribution in [0.2, 0.25) is 0 Å². The van der Waals surface area contributed by atoms with Gasteiger partial charge in [-0.3, -0.25) is 9.69 Å². The summed E-state index contributed by atoms with van der Waals surface area (Å²) in [6.07, 6.45) is 6.02. The number of hydrogen-bond acceptors (Lipinski definition) is 2. The predicted molar refractivity (Wildman–Crippen MR) is 74.1 cm³/mol. The Labute approximate surface area is 118 Å². The third kappa shape index (κ3) is 2.44. The summed E-state index contributed by atoms with van der Waals surface area (Å²) in [6.45, 7) is 0.0608. The average Bonchev–Trinajstić information content (AvgIpc) is 3.06. The molecular weight excluding hydrogens is 257 g/mol. The molecule has 0 heterocycles. The highest BCUT2D eigenvalue weighted by Crippen LogP contribution is 2.40. The second kappa shape index (κ2) is 5.52. The number of nitrogens with zero attached hydrogens (tertiary/aromatic N) is 1. The van der Waals surface area contributed by atoms with Crippen molar-refractivity contribution >= 4 is 5.97 Å². The van der Waals surface area contributed by atoms with Gasteiger partial charge in [-0.25, -0.2) is 4.39 Å². The first kappa shape index (κ1) is 13.6. The summed E-state index contributed by atoms with van der Waals surface area (Å²) in [6, 6.07) is 5.60. The molecule has 20 heavy (non-hydrogen) atoms. The van der Waals surface area contributed by atoms with E-state index in [0.29, 0.717) is 6.04 Å². The Balaban J connectivity index is 1.89. The highest BCUT2D eigenvalue weighted by atomic mass is 19.1. The van der Waals surface area contributed by atoms with Gasteiger partial charge >= 0.3 is 5.97 Å². The quantitative estimate of drug-likeness (QED) is 0.919. The summed E-state index contributed by atoms with van der Waals surface area (Å²) in [5.41, 5.74) is 1.78. The SMILES string of the molecule is O=C(O)CN(C1CCCC1)C1CCc2c(F)cccc21. The smallest absolute Gasteiger partial charge is 0.317 e. The van der Waals surface area contributed by atoms with Gasteiger partial charge in [0.15, 0.2) is 0 Å². The van der Waals surface area contributed by atoms with Crippen LogP contribution >= 0.6 is 0 Å². The fraction of sp³-hybridized carbons (Fsp3) is 0.562. The molecule has 2 aliphatic carbocycles. The van der Waals surface area contributed by atoms with E-state index in [9.17, 15) is 14.3 Å². The molecule has 0 aromatic heterocycles. The minimum atomic E-state index is -0.790. The van der Waals surface area contributed by atoms with Crippen molar-refractivity contribution in [3.63, 3.8) is 0 Å². The number of carboxylic acid groups (broad SMARTS) is 1. The van der Waals surface area contributed by atoms with Gasteiger partial charge < -0.3 is 5.11 Å². The van der Waals surface area contributed by atoms with E-state index < -0.39 is 5.97 Å². The molecule has 1 atom stereocenters. The van der Waals surface area contributed by atoms with Crippen LogP contribution in [0, 0.1) is 5.82 Å². The number of benzene rings is 1. The Morgan fingerprint density at radius 1 is 1.30 bits per heavy atom. The van der Waals surface area contributed by atoms with Gasteiger partial charge in [-0.2, -0.15) is 0 Å². The molecule has 1 aromatic rings. The van der Waals surface area contributed by atoms with E-state index >= 15 is 0 Å². The Morgan fingerprint density at radius 3 is 2.75 bits per heavy atom. The van der Waals surface area contributed by atoms with Crippen molar-refractivity contribution in [2.45, 2.75) is 50.6 Å². The Kier molecular flexibility index (Phi) is 3.74. The highest BCUT2D eigenvalue weighted by Gasteiger charge is 2.35. The third-order valence-corrected chi connectivity index (χ3v) is 4.69. The minimum Gasteiger partial charge on any atom is -0.480 e. The zero-order valence-electron chi connectivity index (χ0n) is 11.5. The van der Waals surface area contributed by atoms with Crippen molar-refractivity contribution in [3.8, 4) is 0 Å². The molecule has 0 aliphatic heterocycles. The molecule has 3 rings (SSSR count). The number of hydrogen-bond donors (Lipinski definition) is 1. The Bertz CT molecular complexity index is 511. The molecule has 108 valence electrons. The largest absolute Gasteiger partial charge is 0.480 e. The molecule has 0 bridgehead atoms. The van der Waals surface area contributed by atoms with E-state index in [2.05, 4.69) is 4.90 Å². The number of halogens is 1. The lowest BCUT2D eigenvalue weighted by Gasteiger charge is -2.33. The molecule has 0 radical (unpaired) electrons. The minimum absolute atomic E-state index is 0.0608. The standard InChI is InChI=1S/C16H20FNO2/c17-14-7-3-6-13-12(14)8-9-15(13)18(10-16(19)20)11-4-1-2-5-11/h3,6-7,11,15H,1-2,4-5,8-10H2,(H,19,20). The lowest BCUT2D eigenvalue weighted by Crippen LogP contribution is -2.39. The summed E-state index contributed by atoms with van der Waals surface area (Å²) in [5.74, 6) is -0.937. The maximum Gasteiger partial charge on any atom is 0.317 e. The molecule has 4 heteroatoms. The van der Waals surface area contributed by atoms with Gasteiger partial charge in [-0.05, 0) is 42.9 Å². The van der Waals surface area contributed by atoms with Crippen LogP contribution in [0.15, 0.2) is 18.2 Å². The monoisotopic (exact) mass is 277 g/mol. The summed E-state index contributed by atoms with van der Waals surface area (Å²) in [5, 5.41) is 9.19. The van der Waals surface area contributed by atoms with Crippen molar-refractivity contribution in [1.82, 2.24) is 4.90 Å². The van der Waals surface area contributed by atoms with Crippen LogP contribution in [0.3, 0.4) is 0 Å². The first-order valence-electron chi connectivity index (χ1n) is 7.41. The average molecular weight is 277 g/mol. The van der Waals surface area contributed by atoms with Gasteiger partial charge in [0.05, 0.1) is 6.54 Å². The topological polar surface area (TPSA) is 40.5 Å². The second-order valence-corrected chi connectivity index (χ2v) is 5.87. The van der Waals surface area contributed by atoms with Gasteiger partial charge in [0.25, 0.3) is 0 Å². The normalized spacial score (nSPS) is 22.4. The fourth-order valence-corrected chi connectivity index (χ4v) is 3.82. The lowest BCUT2D eigenvalue weighted by atomic mass is 10.0. The molecule has 0 amide bonds. The summed E-state index contributed by atoms with van der Waals surface area (Å²) in [7, 11) is 0. The summed E-state index contributed by atoms with van der Waals surface area (Å²) in [4.78, 5) is 13.3. The molecule has 2 aliphatic rings. The predicted octanol–water partition coefficient (Wildman–Crippen LogP) is 3.14. The number of fused-ring (bicyclic) bond motifs is 1. The second-order valence-electron chi connectivity index (χ2n) is 5.87. The molecule has 1 unspecified atom stereocenters. The first-order valence-corrected chi connectivity index (χ1v) is 7.41. The molecule has 1 N–H and O–H groups in total. The Hall–Kier alpha value is -1.42. The molecule has 3 nitrogen and oxygen atoms in total. The number of rotatable bonds is 4. The molecule has 0 saturated heterocycles. The number of aliphatic carboxylic acids is 1. The number of carboxylic acids is 1. The lowest BCUT2D eigenvalue weighted by molar-refractivity contribution is -0.139. The fourth-order valence-electron chi connectivity index (χ4n) is 3.82. The molecule has 1 fully saturated rings. The van der Waals surface area contributed by atoms with Crippen LogP contribution < -0.4 is 0 Å². The van der Waals surface area contributed by atoms with Gasteiger partial charge in [0.2, 0.25) is 0 Å². The summed E-state index contributed by atoms with van der Waals surface area (Å²) >= 11 is 0. The van der Waals surface area contributed by atoms with E-state index in [1.165, 1.54) is 18.9 Å². The van der Waals surface area contributed by atoms with E-state index in [4.69, 9.17) is 0 Å². The van der Waals surface area contributed by atoms with Crippen molar-refractivity contribution in [2.24, 2.45) is 0 Å². The van der Waals surface area contributed by atoms with E-state index in [1.54, 1.807) is 6.07 Å². The molecule has 1 aromatic carbocycles. The Morgan fingerprint density at radius 2 is 2.05 bits per heavy atom. The zero-order chi connectivity index (χ0) is 14.1. The zero-order valence-corrected chi connectivity index (χ0v) is 11.5. The van der Waals surface area contributed by atoms with Crippen molar-refractivity contribution in [2.75, 3.05) is 6.54 Å². The molecule has 0 spiro atoms. The van der Waals surface area contributed by atoms with Crippen LogP contribution in [-0.2, 0) is 11.2 Å². The van der Waals surface area contributed by atoms with Crippen LogP contribution in [0.5, 0.6) is 0 Å². The maximum atomic E-state index is 13.8. The van der Waals surface area contributed by atoms with E-state index in [1.807, 2.05) is 6.07 Å². The van der Waals surface area contributed by atoms with Gasteiger partial charge in [0, 0.05) is 12.1 Å². The molecule has 1 saturated carbocycles. The van der Waals surface area contributed by atoms with Gasteiger partial charge in [0.1, 0.15) is 5.82 Å². The van der Waals surface area contributed by atoms with Crippen LogP contribution in [0.25, 0.3) is 0 Å². The highest BCUT2D eigenvalue weighted by molar-refractivity contribution is 5.69. The number of carbonyl (C=O) groups is 1. The van der Waals surface area contributed by atoms with Crippen molar-refractivity contribution in [1.29, 1.82) is 0 Å². The third-order valence-electron chi connectivity index (χ3n) is 4.69. The summed E-state index contributed by atoms with van der Waals surface area (Å²) < 4.78 is 13.8. The van der Waals surface area contributed by atoms with Crippen molar-refractivity contribution in [3.05, 3.63) is 35.1 Å². The maximum absolute atomic E-state index is 13.8.